The number of hydrogen-bond donors (Lipinski definition) is 0. The Labute approximate surface area is 205 Å². The van der Waals surface area contributed by atoms with Crippen LogP contribution in [0.5, 0.6) is 0 Å². The van der Waals surface area contributed by atoms with Crippen molar-refractivity contribution in [3.63, 3.8) is 0 Å². The van der Waals surface area contributed by atoms with E-state index in [1.54, 1.807) is 47.0 Å². The highest BCUT2D eigenvalue weighted by atomic mass is 35.5. The molecule has 0 saturated heterocycles. The van der Waals surface area contributed by atoms with E-state index in [4.69, 9.17) is 34.8 Å². The van der Waals surface area contributed by atoms with Crippen molar-refractivity contribution in [3.05, 3.63) is 99.3 Å². The van der Waals surface area contributed by atoms with Crippen LogP contribution >= 0.6 is 46.6 Å². The van der Waals surface area contributed by atoms with Crippen molar-refractivity contribution in [1.82, 2.24) is 14.8 Å². The van der Waals surface area contributed by atoms with E-state index in [1.165, 1.54) is 11.8 Å². The van der Waals surface area contributed by atoms with Gasteiger partial charge in [0.05, 0.1) is 14.9 Å². The topological polar surface area (TPSA) is 64.8 Å². The molecule has 0 bridgehead atoms. The van der Waals surface area contributed by atoms with Crippen molar-refractivity contribution in [2.24, 2.45) is 0 Å². The third kappa shape index (κ3) is 4.97. The van der Waals surface area contributed by atoms with Crippen LogP contribution in [0.4, 0.5) is 0 Å². The van der Waals surface area contributed by atoms with Crippen LogP contribution in [0.25, 0.3) is 5.69 Å². The number of benzene rings is 3. The maximum absolute atomic E-state index is 13.0. The van der Waals surface area contributed by atoms with Crippen LogP contribution < -0.4 is 0 Å². The number of thioether (sulfide) groups is 1. The van der Waals surface area contributed by atoms with Crippen LogP contribution in [0.3, 0.4) is 0 Å². The Kier molecular flexibility index (Phi) is 7.12. The Hall–Kier alpha value is -2.03. The minimum atomic E-state index is -3.61. The van der Waals surface area contributed by atoms with Gasteiger partial charge in [-0.2, -0.15) is 0 Å². The number of rotatable bonds is 7. The fraction of sp³-hybridized carbons (Fsp3) is 0.0909. The molecule has 0 unspecified atom stereocenters. The lowest BCUT2D eigenvalue weighted by molar-refractivity contribution is 0.593. The maximum Gasteiger partial charge on any atom is 0.196 e. The molecule has 4 rings (SSSR count). The summed E-state index contributed by atoms with van der Waals surface area (Å²) in [6.07, 6.45) is 0. The van der Waals surface area contributed by atoms with E-state index in [0.29, 0.717) is 37.4 Å². The highest BCUT2D eigenvalue weighted by Crippen LogP contribution is 2.36. The van der Waals surface area contributed by atoms with E-state index < -0.39 is 9.84 Å². The summed E-state index contributed by atoms with van der Waals surface area (Å²) < 4.78 is 27.7. The maximum atomic E-state index is 13.0. The minimum Gasteiger partial charge on any atom is -0.273 e. The second-order valence-corrected chi connectivity index (χ2v) is 10.9. The number of aromatic nitrogens is 3. The second kappa shape index (κ2) is 9.85. The molecular weight excluding hydrogens is 509 g/mol. The van der Waals surface area contributed by atoms with Crippen LogP contribution in [-0.4, -0.2) is 23.2 Å². The zero-order valence-corrected chi connectivity index (χ0v) is 20.4. The predicted octanol–water partition coefficient (Wildman–Crippen LogP) is 6.49. The highest BCUT2D eigenvalue weighted by molar-refractivity contribution is 7.98. The van der Waals surface area contributed by atoms with Gasteiger partial charge in [-0.05, 0) is 36.4 Å². The van der Waals surface area contributed by atoms with Gasteiger partial charge in [-0.15, -0.1) is 10.2 Å². The third-order valence-corrected chi connectivity index (χ3v) is 8.40. The van der Waals surface area contributed by atoms with Crippen molar-refractivity contribution in [3.8, 4) is 5.69 Å². The van der Waals surface area contributed by atoms with Crippen LogP contribution in [0.2, 0.25) is 15.1 Å². The number of nitrogens with zero attached hydrogens (tertiary/aromatic N) is 3. The molecule has 0 saturated carbocycles. The second-order valence-electron chi connectivity index (χ2n) is 6.75. The lowest BCUT2D eigenvalue weighted by atomic mass is 10.2. The molecule has 0 spiro atoms. The van der Waals surface area contributed by atoms with Gasteiger partial charge in [0.2, 0.25) is 0 Å². The van der Waals surface area contributed by atoms with Crippen molar-refractivity contribution in [2.45, 2.75) is 21.6 Å². The minimum absolute atomic E-state index is 0.231. The number of hydrogen-bond acceptors (Lipinski definition) is 5. The van der Waals surface area contributed by atoms with E-state index in [9.17, 15) is 8.42 Å². The van der Waals surface area contributed by atoms with Crippen molar-refractivity contribution in [2.75, 3.05) is 0 Å². The first kappa shape index (κ1) is 23.1. The first-order valence-corrected chi connectivity index (χ1v) is 13.2. The molecular formula is C22H16Cl3N3O2S2. The molecule has 0 N–H and O–H groups in total. The molecule has 1 aromatic heterocycles. The molecule has 0 atom stereocenters. The predicted molar refractivity (Wildman–Crippen MR) is 130 cm³/mol. The fourth-order valence-electron chi connectivity index (χ4n) is 3.04. The van der Waals surface area contributed by atoms with Gasteiger partial charge in [-0.25, -0.2) is 8.42 Å². The summed E-state index contributed by atoms with van der Waals surface area (Å²) in [5, 5.41) is 10.3. The van der Waals surface area contributed by atoms with Gasteiger partial charge >= 0.3 is 0 Å². The SMILES string of the molecule is O=S(=O)(Cc1nnc(SCc2c(Cl)ccc(Cl)c2Cl)n1-c1ccccc1)c1ccccc1. The molecule has 0 aliphatic heterocycles. The zero-order chi connectivity index (χ0) is 22.7. The number of para-hydroxylation sites is 1. The molecule has 4 aromatic rings. The van der Waals surface area contributed by atoms with E-state index in [0.717, 1.165) is 5.69 Å². The smallest absolute Gasteiger partial charge is 0.196 e. The molecule has 0 amide bonds. The Morgan fingerprint density at radius 3 is 2.12 bits per heavy atom. The van der Waals surface area contributed by atoms with Crippen LogP contribution in [0, 0.1) is 0 Å². The van der Waals surface area contributed by atoms with E-state index in [-0.39, 0.29) is 10.6 Å². The summed E-state index contributed by atoms with van der Waals surface area (Å²) in [6.45, 7) is 0. The first-order chi connectivity index (χ1) is 15.4. The molecule has 0 aliphatic carbocycles. The molecule has 164 valence electrons. The molecule has 32 heavy (non-hydrogen) atoms. The average molecular weight is 525 g/mol. The molecule has 0 aliphatic rings. The monoisotopic (exact) mass is 523 g/mol. The van der Waals surface area contributed by atoms with Crippen LogP contribution in [-0.2, 0) is 21.3 Å². The van der Waals surface area contributed by atoms with Gasteiger partial charge in [-0.3, -0.25) is 4.57 Å². The molecule has 3 aromatic carbocycles. The van der Waals surface area contributed by atoms with E-state index in [2.05, 4.69) is 10.2 Å². The Bertz CT molecular complexity index is 1350. The standard InChI is InChI=1S/C22H16Cl3N3O2S2/c23-18-11-12-19(24)21(25)17(18)13-31-22-27-26-20(28(22)15-7-3-1-4-8-15)14-32(29,30)16-9-5-2-6-10-16/h1-12H,13-14H2. The summed E-state index contributed by atoms with van der Waals surface area (Å²) in [4.78, 5) is 0.231. The average Bonchev–Trinajstić information content (AvgIpc) is 3.19. The molecule has 1 heterocycles. The van der Waals surface area contributed by atoms with E-state index in [1.807, 2.05) is 30.3 Å². The molecule has 10 heteroatoms. The van der Waals surface area contributed by atoms with Gasteiger partial charge in [-0.1, -0.05) is 83.0 Å². The highest BCUT2D eigenvalue weighted by Gasteiger charge is 2.23. The van der Waals surface area contributed by atoms with Gasteiger partial charge < -0.3 is 0 Å². The largest absolute Gasteiger partial charge is 0.273 e. The van der Waals surface area contributed by atoms with Crippen molar-refractivity contribution in [1.29, 1.82) is 0 Å². The van der Waals surface area contributed by atoms with Crippen LogP contribution in [0.15, 0.2) is 82.8 Å². The van der Waals surface area contributed by atoms with Crippen LogP contribution in [0.1, 0.15) is 11.4 Å². The molecule has 0 radical (unpaired) electrons. The number of halogens is 3. The molecule has 0 fully saturated rings. The summed E-state index contributed by atoms with van der Waals surface area (Å²) in [5.74, 6) is 0.401. The summed E-state index contributed by atoms with van der Waals surface area (Å²) >= 11 is 20.1. The first-order valence-electron chi connectivity index (χ1n) is 9.39. The van der Waals surface area contributed by atoms with Gasteiger partial charge in [0.1, 0.15) is 5.75 Å². The summed E-state index contributed by atoms with van der Waals surface area (Å²) in [6, 6.07) is 21.0. The Morgan fingerprint density at radius 2 is 1.44 bits per heavy atom. The van der Waals surface area contributed by atoms with Crippen molar-refractivity contribution < 1.29 is 8.42 Å². The van der Waals surface area contributed by atoms with Gasteiger partial charge in [0.25, 0.3) is 0 Å². The van der Waals surface area contributed by atoms with Gasteiger partial charge in [0.15, 0.2) is 20.8 Å². The lowest BCUT2D eigenvalue weighted by Crippen LogP contribution is -2.11. The fourth-order valence-corrected chi connectivity index (χ4v) is 6.16. The summed E-state index contributed by atoms with van der Waals surface area (Å²) in [5.41, 5.74) is 1.42. The third-order valence-electron chi connectivity index (χ3n) is 4.62. The zero-order valence-electron chi connectivity index (χ0n) is 16.5. The Morgan fingerprint density at radius 1 is 0.812 bits per heavy atom. The Balaban J connectivity index is 1.70. The van der Waals surface area contributed by atoms with Crippen molar-refractivity contribution >= 4 is 56.4 Å². The summed E-state index contributed by atoms with van der Waals surface area (Å²) in [7, 11) is -3.61. The lowest BCUT2D eigenvalue weighted by Gasteiger charge is -2.12. The molecule has 5 nitrogen and oxygen atoms in total. The number of sulfone groups is 1. The van der Waals surface area contributed by atoms with E-state index >= 15 is 0 Å². The quantitative estimate of drug-likeness (QED) is 0.204. The normalized spacial score (nSPS) is 11.6. The van der Waals surface area contributed by atoms with Gasteiger partial charge in [0, 0.05) is 22.0 Å².